The first-order valence-corrected chi connectivity index (χ1v) is 8.36. The number of rotatable bonds is 4. The van der Waals surface area contributed by atoms with Crippen molar-refractivity contribution in [2.24, 2.45) is 0 Å². The van der Waals surface area contributed by atoms with Crippen molar-refractivity contribution in [1.29, 1.82) is 0 Å². The molecule has 132 valence electrons. The maximum Gasteiger partial charge on any atom is 0.340 e. The van der Waals surface area contributed by atoms with E-state index < -0.39 is 5.97 Å². The van der Waals surface area contributed by atoms with Crippen LogP contribution in [0.2, 0.25) is 5.02 Å². The fourth-order valence-electron chi connectivity index (χ4n) is 2.56. The second-order valence-electron chi connectivity index (χ2n) is 5.60. The van der Waals surface area contributed by atoms with Gasteiger partial charge in [-0.3, -0.25) is 0 Å². The summed E-state index contributed by atoms with van der Waals surface area (Å²) < 4.78 is 21.6. The summed E-state index contributed by atoms with van der Waals surface area (Å²) in [6, 6.07) is 13.9. The molecule has 7 heteroatoms. The van der Waals surface area contributed by atoms with E-state index in [2.05, 4.69) is 5.16 Å². The molecule has 0 N–H and O–H groups in total. The van der Waals surface area contributed by atoms with Crippen molar-refractivity contribution >= 4 is 17.6 Å². The molecule has 0 spiro atoms. The summed E-state index contributed by atoms with van der Waals surface area (Å²) in [5.41, 5.74) is 1.60. The molecule has 0 amide bonds. The number of ether oxygens (including phenoxy) is 3. The number of fused-ring (bicyclic) bond motifs is 1. The molecule has 1 aromatic heterocycles. The average molecular weight is 372 g/mol. The van der Waals surface area contributed by atoms with Gasteiger partial charge in [0, 0.05) is 11.6 Å². The molecular formula is C19H14ClNO5. The molecule has 26 heavy (non-hydrogen) atoms. The van der Waals surface area contributed by atoms with E-state index in [4.69, 9.17) is 30.3 Å². The topological polar surface area (TPSA) is 70.8 Å². The zero-order valence-electron chi connectivity index (χ0n) is 13.6. The first-order chi connectivity index (χ1) is 12.7. The molecule has 0 saturated carbocycles. The van der Waals surface area contributed by atoms with Crippen LogP contribution in [-0.4, -0.2) is 24.3 Å². The Morgan fingerprint density at radius 3 is 2.73 bits per heavy atom. The van der Waals surface area contributed by atoms with Crippen molar-refractivity contribution in [2.75, 3.05) is 13.2 Å². The largest absolute Gasteiger partial charge is 0.486 e. The predicted octanol–water partition coefficient (Wildman–Crippen LogP) is 4.12. The third-order valence-electron chi connectivity index (χ3n) is 3.83. The van der Waals surface area contributed by atoms with Crippen LogP contribution < -0.4 is 9.47 Å². The van der Waals surface area contributed by atoms with Gasteiger partial charge in [-0.2, -0.15) is 0 Å². The molecule has 3 aromatic rings. The fourth-order valence-corrected chi connectivity index (χ4v) is 2.77. The minimum absolute atomic E-state index is 0.0158. The van der Waals surface area contributed by atoms with Gasteiger partial charge in [0.1, 0.15) is 25.5 Å². The SMILES string of the molecule is O=C(OCc1cc(-c2ccc3c(c2)OCCO3)on1)c1ccccc1Cl. The van der Waals surface area contributed by atoms with Crippen LogP contribution >= 0.6 is 11.6 Å². The molecule has 6 nitrogen and oxygen atoms in total. The van der Waals surface area contributed by atoms with Crippen molar-refractivity contribution in [3.05, 3.63) is 64.8 Å². The Morgan fingerprint density at radius 2 is 1.88 bits per heavy atom. The number of nitrogens with zero attached hydrogens (tertiary/aromatic N) is 1. The van der Waals surface area contributed by atoms with Gasteiger partial charge in [0.05, 0.1) is 10.6 Å². The van der Waals surface area contributed by atoms with E-state index in [1.165, 1.54) is 0 Å². The number of benzene rings is 2. The zero-order valence-corrected chi connectivity index (χ0v) is 14.4. The monoisotopic (exact) mass is 371 g/mol. The van der Waals surface area contributed by atoms with Crippen molar-refractivity contribution in [1.82, 2.24) is 5.16 Å². The van der Waals surface area contributed by atoms with Gasteiger partial charge in [-0.1, -0.05) is 28.9 Å². The third kappa shape index (κ3) is 3.36. The molecule has 2 heterocycles. The van der Waals surface area contributed by atoms with Crippen LogP contribution in [0.15, 0.2) is 53.1 Å². The number of hydrogen-bond acceptors (Lipinski definition) is 6. The lowest BCUT2D eigenvalue weighted by molar-refractivity contribution is 0.0464. The Kier molecular flexibility index (Phi) is 4.50. The lowest BCUT2D eigenvalue weighted by Gasteiger charge is -2.18. The molecule has 0 aliphatic carbocycles. The second kappa shape index (κ2) is 7.09. The van der Waals surface area contributed by atoms with Gasteiger partial charge in [-0.05, 0) is 30.3 Å². The molecule has 0 bridgehead atoms. The summed E-state index contributed by atoms with van der Waals surface area (Å²) in [6.45, 7) is 1.03. The van der Waals surface area contributed by atoms with Gasteiger partial charge in [0.25, 0.3) is 0 Å². The van der Waals surface area contributed by atoms with Crippen molar-refractivity contribution < 1.29 is 23.5 Å². The minimum Gasteiger partial charge on any atom is -0.486 e. The summed E-state index contributed by atoms with van der Waals surface area (Å²) in [5, 5.41) is 4.28. The molecule has 4 rings (SSSR count). The molecule has 0 fully saturated rings. The number of halogens is 1. The normalized spacial score (nSPS) is 12.7. The van der Waals surface area contributed by atoms with Crippen LogP contribution in [0.25, 0.3) is 11.3 Å². The molecule has 1 aliphatic rings. The lowest BCUT2D eigenvalue weighted by Crippen LogP contribution is -2.15. The van der Waals surface area contributed by atoms with E-state index in [-0.39, 0.29) is 6.61 Å². The Morgan fingerprint density at radius 1 is 1.08 bits per heavy atom. The smallest absolute Gasteiger partial charge is 0.340 e. The maximum absolute atomic E-state index is 12.1. The number of esters is 1. The minimum atomic E-state index is -0.514. The Bertz CT molecular complexity index is 953. The average Bonchev–Trinajstić information content (AvgIpc) is 3.15. The van der Waals surface area contributed by atoms with Crippen LogP contribution in [-0.2, 0) is 11.3 Å². The van der Waals surface area contributed by atoms with E-state index in [0.29, 0.717) is 46.8 Å². The highest BCUT2D eigenvalue weighted by atomic mass is 35.5. The lowest BCUT2D eigenvalue weighted by atomic mass is 10.1. The van der Waals surface area contributed by atoms with E-state index in [1.807, 2.05) is 18.2 Å². The summed E-state index contributed by atoms with van der Waals surface area (Å²) in [6.07, 6.45) is 0. The molecule has 2 aromatic carbocycles. The van der Waals surface area contributed by atoms with Gasteiger partial charge in [-0.15, -0.1) is 0 Å². The van der Waals surface area contributed by atoms with Crippen LogP contribution in [0.5, 0.6) is 11.5 Å². The van der Waals surface area contributed by atoms with Crippen LogP contribution in [0.3, 0.4) is 0 Å². The van der Waals surface area contributed by atoms with Gasteiger partial charge in [0.15, 0.2) is 17.3 Å². The van der Waals surface area contributed by atoms with Crippen LogP contribution in [0.4, 0.5) is 0 Å². The molecule has 0 atom stereocenters. The molecule has 0 unspecified atom stereocenters. The zero-order chi connectivity index (χ0) is 17.9. The Balaban J connectivity index is 1.45. The van der Waals surface area contributed by atoms with Gasteiger partial charge >= 0.3 is 5.97 Å². The van der Waals surface area contributed by atoms with Gasteiger partial charge < -0.3 is 18.7 Å². The van der Waals surface area contributed by atoms with Crippen molar-refractivity contribution in [3.8, 4) is 22.8 Å². The molecular weight excluding hydrogens is 358 g/mol. The highest BCUT2D eigenvalue weighted by Gasteiger charge is 2.16. The van der Waals surface area contributed by atoms with Crippen LogP contribution in [0, 0.1) is 0 Å². The predicted molar refractivity (Wildman–Crippen MR) is 93.5 cm³/mol. The third-order valence-corrected chi connectivity index (χ3v) is 4.16. The highest BCUT2D eigenvalue weighted by Crippen LogP contribution is 2.34. The van der Waals surface area contributed by atoms with E-state index in [1.54, 1.807) is 30.3 Å². The van der Waals surface area contributed by atoms with E-state index in [0.717, 1.165) is 5.56 Å². The number of carbonyl (C=O) groups excluding carboxylic acids is 1. The Labute approximate surface area is 154 Å². The van der Waals surface area contributed by atoms with E-state index in [9.17, 15) is 4.79 Å². The second-order valence-corrected chi connectivity index (χ2v) is 6.00. The molecule has 0 radical (unpaired) electrons. The summed E-state index contributed by atoms with van der Waals surface area (Å²) in [7, 11) is 0. The fraction of sp³-hybridized carbons (Fsp3) is 0.158. The highest BCUT2D eigenvalue weighted by molar-refractivity contribution is 6.33. The Hall–Kier alpha value is -2.99. The summed E-state index contributed by atoms with van der Waals surface area (Å²) in [5.74, 6) is 1.40. The number of hydrogen-bond donors (Lipinski definition) is 0. The first kappa shape index (κ1) is 16.5. The summed E-state index contributed by atoms with van der Waals surface area (Å²) in [4.78, 5) is 12.1. The van der Waals surface area contributed by atoms with Crippen molar-refractivity contribution in [2.45, 2.75) is 6.61 Å². The number of carbonyl (C=O) groups is 1. The van der Waals surface area contributed by atoms with Gasteiger partial charge in [-0.25, -0.2) is 4.79 Å². The molecule has 0 saturated heterocycles. The summed E-state index contributed by atoms with van der Waals surface area (Å²) >= 11 is 5.99. The van der Waals surface area contributed by atoms with Crippen molar-refractivity contribution in [3.63, 3.8) is 0 Å². The van der Waals surface area contributed by atoms with E-state index >= 15 is 0 Å². The van der Waals surface area contributed by atoms with Gasteiger partial charge in [0.2, 0.25) is 0 Å². The number of aromatic nitrogens is 1. The maximum atomic E-state index is 12.1. The quantitative estimate of drug-likeness (QED) is 0.642. The standard InChI is InChI=1S/C19H14ClNO5/c20-15-4-2-1-3-14(15)19(22)25-11-13-10-17(26-21-13)12-5-6-16-18(9-12)24-8-7-23-16/h1-6,9-10H,7-8,11H2. The first-order valence-electron chi connectivity index (χ1n) is 7.98. The van der Waals surface area contributed by atoms with Crippen LogP contribution in [0.1, 0.15) is 16.1 Å². The molecule has 1 aliphatic heterocycles.